The van der Waals surface area contributed by atoms with Gasteiger partial charge >= 0.3 is 5.97 Å². The minimum atomic E-state index is -1.16. The van der Waals surface area contributed by atoms with E-state index in [0.29, 0.717) is 11.7 Å². The van der Waals surface area contributed by atoms with Crippen molar-refractivity contribution in [3.63, 3.8) is 0 Å². The van der Waals surface area contributed by atoms with Crippen LogP contribution >= 0.6 is 0 Å². The molecule has 0 spiro atoms. The molecule has 2 unspecified atom stereocenters. The van der Waals surface area contributed by atoms with Gasteiger partial charge in [-0.3, -0.25) is 9.00 Å². The van der Waals surface area contributed by atoms with Gasteiger partial charge in [-0.1, -0.05) is 12.8 Å². The van der Waals surface area contributed by atoms with E-state index in [9.17, 15) is 13.8 Å². The number of amides is 1. The Morgan fingerprint density at radius 2 is 2.12 bits per heavy atom. The van der Waals surface area contributed by atoms with Crippen LogP contribution in [0.1, 0.15) is 26.2 Å². The zero-order chi connectivity index (χ0) is 12.1. The molecule has 0 aromatic rings. The first-order valence-electron chi connectivity index (χ1n) is 5.34. The lowest BCUT2D eigenvalue weighted by atomic mass is 10.3. The first-order valence-corrected chi connectivity index (χ1v) is 6.82. The Labute approximate surface area is 97.1 Å². The third-order valence-corrected chi connectivity index (χ3v) is 3.88. The summed E-state index contributed by atoms with van der Waals surface area (Å²) in [5.41, 5.74) is 0. The van der Waals surface area contributed by atoms with E-state index in [0.717, 1.165) is 6.42 Å². The summed E-state index contributed by atoms with van der Waals surface area (Å²) in [5.74, 6) is -0.315. The van der Waals surface area contributed by atoms with Crippen molar-refractivity contribution in [2.24, 2.45) is 5.92 Å². The van der Waals surface area contributed by atoms with Gasteiger partial charge in [0.2, 0.25) is 5.91 Å². The van der Waals surface area contributed by atoms with Crippen LogP contribution in [0, 0.1) is 5.92 Å². The average molecular weight is 247 g/mol. The number of carboxylic acids is 1. The highest BCUT2D eigenvalue weighted by molar-refractivity contribution is 7.85. The number of rotatable bonds is 7. The molecule has 92 valence electrons. The first kappa shape index (κ1) is 13.2. The van der Waals surface area contributed by atoms with Gasteiger partial charge in [-0.15, -0.1) is 0 Å². The third kappa shape index (κ3) is 5.25. The summed E-state index contributed by atoms with van der Waals surface area (Å²) in [6.45, 7) is 1.25. The molecule has 1 aliphatic carbocycles. The van der Waals surface area contributed by atoms with Gasteiger partial charge in [0.15, 0.2) is 0 Å². The van der Waals surface area contributed by atoms with Gasteiger partial charge in [0, 0.05) is 23.5 Å². The number of carbonyl (C=O) groups excluding carboxylic acids is 1. The summed E-state index contributed by atoms with van der Waals surface area (Å²) >= 11 is 0. The molecule has 1 aliphatic rings. The molecule has 2 atom stereocenters. The summed E-state index contributed by atoms with van der Waals surface area (Å²) in [7, 11) is -1.16. The van der Waals surface area contributed by atoms with E-state index >= 15 is 0 Å². The Hall–Kier alpha value is -0.910. The van der Waals surface area contributed by atoms with E-state index in [1.54, 1.807) is 0 Å². The van der Waals surface area contributed by atoms with Gasteiger partial charge < -0.3 is 10.4 Å². The number of nitrogens with one attached hydrogen (secondary N) is 1. The molecule has 0 bridgehead atoms. The summed E-state index contributed by atoms with van der Waals surface area (Å²) in [5, 5.41) is 11.1. The first-order chi connectivity index (χ1) is 7.49. The number of carboxylic acid groups (broad SMARTS) is 1. The Morgan fingerprint density at radius 1 is 1.50 bits per heavy atom. The molecular formula is C10H17NO4S. The number of carbonyl (C=O) groups is 2. The molecule has 16 heavy (non-hydrogen) atoms. The third-order valence-electron chi connectivity index (χ3n) is 2.48. The average Bonchev–Trinajstić information content (AvgIpc) is 2.96. The Kier molecular flexibility index (Phi) is 4.92. The topological polar surface area (TPSA) is 83.5 Å². The Morgan fingerprint density at radius 3 is 2.56 bits per heavy atom. The van der Waals surface area contributed by atoms with Crippen LogP contribution in [0.25, 0.3) is 0 Å². The van der Waals surface area contributed by atoms with Crippen molar-refractivity contribution in [1.82, 2.24) is 5.32 Å². The molecule has 0 aliphatic heterocycles. The van der Waals surface area contributed by atoms with Crippen LogP contribution in [-0.4, -0.2) is 38.7 Å². The molecule has 6 heteroatoms. The maximum absolute atomic E-state index is 11.6. The molecule has 0 radical (unpaired) electrons. The maximum atomic E-state index is 11.6. The normalized spacial score (nSPS) is 18.8. The van der Waals surface area contributed by atoms with E-state index in [1.165, 1.54) is 19.8 Å². The highest BCUT2D eigenvalue weighted by Gasteiger charge is 2.24. The minimum Gasteiger partial charge on any atom is -0.480 e. The smallest absolute Gasteiger partial charge is 0.327 e. The molecule has 0 aromatic heterocycles. The monoisotopic (exact) mass is 247 g/mol. The molecule has 1 rings (SSSR count). The van der Waals surface area contributed by atoms with Gasteiger partial charge in [0.25, 0.3) is 0 Å². The van der Waals surface area contributed by atoms with Crippen molar-refractivity contribution >= 4 is 22.7 Å². The SMILES string of the molecule is CC(=O)NC(CS(=O)CCC1CC1)C(=O)O. The van der Waals surface area contributed by atoms with Gasteiger partial charge in [0.1, 0.15) is 6.04 Å². The van der Waals surface area contributed by atoms with Crippen LogP contribution in [0.5, 0.6) is 0 Å². The van der Waals surface area contributed by atoms with Crippen molar-refractivity contribution in [1.29, 1.82) is 0 Å². The Balaban J connectivity index is 2.30. The van der Waals surface area contributed by atoms with E-state index < -0.39 is 28.7 Å². The van der Waals surface area contributed by atoms with E-state index in [2.05, 4.69) is 5.32 Å². The maximum Gasteiger partial charge on any atom is 0.327 e. The van der Waals surface area contributed by atoms with Gasteiger partial charge in [-0.25, -0.2) is 4.79 Å². The van der Waals surface area contributed by atoms with Crippen molar-refractivity contribution in [3.05, 3.63) is 0 Å². The van der Waals surface area contributed by atoms with Gasteiger partial charge in [0.05, 0.1) is 5.75 Å². The molecule has 5 nitrogen and oxygen atoms in total. The van der Waals surface area contributed by atoms with Crippen LogP contribution < -0.4 is 5.32 Å². The standard InChI is InChI=1S/C10H17NO4S/c1-7(12)11-9(10(13)14)6-16(15)5-4-8-2-3-8/h8-9H,2-6H2,1H3,(H,11,12)(H,13,14). The predicted octanol–water partition coefficient (Wildman–Crippen LogP) is 0.124. The molecule has 2 N–H and O–H groups in total. The molecule has 0 aromatic carbocycles. The minimum absolute atomic E-state index is 0.00162. The van der Waals surface area contributed by atoms with Crippen LogP contribution in [0.3, 0.4) is 0 Å². The Bertz CT molecular complexity index is 301. The second-order valence-electron chi connectivity index (χ2n) is 4.13. The van der Waals surface area contributed by atoms with Gasteiger partial charge in [-0.2, -0.15) is 0 Å². The zero-order valence-electron chi connectivity index (χ0n) is 9.27. The van der Waals surface area contributed by atoms with Crippen LogP contribution in [0.4, 0.5) is 0 Å². The molecular weight excluding hydrogens is 230 g/mol. The molecule has 1 fully saturated rings. The van der Waals surface area contributed by atoms with Crippen molar-refractivity contribution in [3.8, 4) is 0 Å². The molecule has 1 saturated carbocycles. The van der Waals surface area contributed by atoms with E-state index in [4.69, 9.17) is 5.11 Å². The summed E-state index contributed by atoms with van der Waals surface area (Å²) in [6.07, 6.45) is 3.30. The van der Waals surface area contributed by atoms with Crippen LogP contribution in [0.15, 0.2) is 0 Å². The lowest BCUT2D eigenvalue weighted by Gasteiger charge is -2.12. The highest BCUT2D eigenvalue weighted by Crippen LogP contribution is 2.32. The second-order valence-corrected chi connectivity index (χ2v) is 5.76. The molecule has 1 amide bonds. The second kappa shape index (κ2) is 5.98. The summed E-state index contributed by atoms with van der Waals surface area (Å²) < 4.78 is 11.6. The lowest BCUT2D eigenvalue weighted by Crippen LogP contribution is -2.43. The fraction of sp³-hybridized carbons (Fsp3) is 0.800. The molecule has 0 saturated heterocycles. The van der Waals surface area contributed by atoms with Crippen molar-refractivity contribution in [2.75, 3.05) is 11.5 Å². The van der Waals surface area contributed by atoms with E-state index in [-0.39, 0.29) is 5.75 Å². The van der Waals surface area contributed by atoms with E-state index in [1.807, 2.05) is 0 Å². The molecule has 0 heterocycles. The van der Waals surface area contributed by atoms with Crippen LogP contribution in [-0.2, 0) is 20.4 Å². The highest BCUT2D eigenvalue weighted by atomic mass is 32.2. The zero-order valence-corrected chi connectivity index (χ0v) is 10.1. The summed E-state index contributed by atoms with van der Waals surface area (Å²) in [4.78, 5) is 21.5. The van der Waals surface area contributed by atoms with Crippen molar-refractivity contribution < 1.29 is 18.9 Å². The number of hydrogen-bond donors (Lipinski definition) is 2. The largest absolute Gasteiger partial charge is 0.480 e. The predicted molar refractivity (Wildman–Crippen MR) is 60.5 cm³/mol. The van der Waals surface area contributed by atoms with Crippen LogP contribution in [0.2, 0.25) is 0 Å². The van der Waals surface area contributed by atoms with Crippen molar-refractivity contribution in [2.45, 2.75) is 32.2 Å². The van der Waals surface area contributed by atoms with Gasteiger partial charge in [-0.05, 0) is 12.3 Å². The quantitative estimate of drug-likeness (QED) is 0.669. The summed E-state index contributed by atoms with van der Waals surface area (Å²) in [6, 6.07) is -1.03. The number of aliphatic carboxylic acids is 1. The fourth-order valence-electron chi connectivity index (χ4n) is 1.39. The number of hydrogen-bond acceptors (Lipinski definition) is 3. The lowest BCUT2D eigenvalue weighted by molar-refractivity contribution is -0.140. The fourth-order valence-corrected chi connectivity index (χ4v) is 2.75.